The standard InChI is InChI=1S/C14H26O3/c1-6-13(4,5)12(15)17-14(11(2)3)7-9-16-10-8-14/h11H,6-10H2,1-5H3. The van der Waals surface area contributed by atoms with Crippen LogP contribution in [0, 0.1) is 11.3 Å². The molecule has 0 N–H and O–H groups in total. The Morgan fingerprint density at radius 1 is 1.35 bits per heavy atom. The van der Waals surface area contributed by atoms with E-state index in [1.165, 1.54) is 0 Å². The Balaban J connectivity index is 2.77. The van der Waals surface area contributed by atoms with E-state index in [0.717, 1.165) is 19.3 Å². The molecular formula is C14H26O3. The van der Waals surface area contributed by atoms with Crippen LogP contribution in [0.15, 0.2) is 0 Å². The Morgan fingerprint density at radius 3 is 2.29 bits per heavy atom. The van der Waals surface area contributed by atoms with Crippen LogP contribution >= 0.6 is 0 Å². The first-order valence-corrected chi connectivity index (χ1v) is 6.65. The summed E-state index contributed by atoms with van der Waals surface area (Å²) in [6, 6.07) is 0. The quantitative estimate of drug-likeness (QED) is 0.710. The second kappa shape index (κ2) is 5.38. The molecule has 1 rings (SSSR count). The number of esters is 1. The Kier molecular flexibility index (Phi) is 4.59. The molecule has 0 aliphatic carbocycles. The van der Waals surface area contributed by atoms with E-state index in [2.05, 4.69) is 13.8 Å². The molecule has 0 saturated carbocycles. The summed E-state index contributed by atoms with van der Waals surface area (Å²) in [5.74, 6) is 0.263. The summed E-state index contributed by atoms with van der Waals surface area (Å²) in [4.78, 5) is 12.2. The molecule has 3 heteroatoms. The normalized spacial score (nSPS) is 20.4. The van der Waals surface area contributed by atoms with Gasteiger partial charge in [-0.25, -0.2) is 0 Å². The Labute approximate surface area is 105 Å². The van der Waals surface area contributed by atoms with Crippen molar-refractivity contribution in [2.75, 3.05) is 13.2 Å². The molecule has 3 nitrogen and oxygen atoms in total. The smallest absolute Gasteiger partial charge is 0.312 e. The van der Waals surface area contributed by atoms with Crippen molar-refractivity contribution < 1.29 is 14.3 Å². The summed E-state index contributed by atoms with van der Waals surface area (Å²) in [6.45, 7) is 11.5. The van der Waals surface area contributed by atoms with E-state index in [1.807, 2.05) is 20.8 Å². The average molecular weight is 242 g/mol. The number of carbonyl (C=O) groups excluding carboxylic acids is 1. The summed E-state index contributed by atoms with van der Waals surface area (Å²) >= 11 is 0. The predicted molar refractivity (Wildman–Crippen MR) is 67.8 cm³/mol. The molecule has 1 saturated heterocycles. The number of hydrogen-bond acceptors (Lipinski definition) is 3. The van der Waals surface area contributed by atoms with Gasteiger partial charge in [-0.3, -0.25) is 4.79 Å². The lowest BCUT2D eigenvalue weighted by atomic mass is 9.82. The van der Waals surface area contributed by atoms with Crippen LogP contribution < -0.4 is 0 Å². The second-order valence-corrected chi connectivity index (χ2v) is 5.96. The van der Waals surface area contributed by atoms with Gasteiger partial charge in [-0.15, -0.1) is 0 Å². The minimum absolute atomic E-state index is 0.0735. The molecule has 100 valence electrons. The van der Waals surface area contributed by atoms with Crippen LogP contribution in [0.25, 0.3) is 0 Å². The largest absolute Gasteiger partial charge is 0.458 e. The summed E-state index contributed by atoms with van der Waals surface area (Å²) in [6.07, 6.45) is 2.43. The van der Waals surface area contributed by atoms with Gasteiger partial charge in [-0.2, -0.15) is 0 Å². The number of carbonyl (C=O) groups is 1. The first-order valence-electron chi connectivity index (χ1n) is 6.65. The van der Waals surface area contributed by atoms with Gasteiger partial charge in [0.1, 0.15) is 5.60 Å². The monoisotopic (exact) mass is 242 g/mol. The van der Waals surface area contributed by atoms with Crippen molar-refractivity contribution in [1.82, 2.24) is 0 Å². The van der Waals surface area contributed by atoms with E-state index in [4.69, 9.17) is 9.47 Å². The summed E-state index contributed by atoms with van der Waals surface area (Å²) in [5.41, 5.74) is -0.706. The van der Waals surface area contributed by atoms with Crippen LogP contribution in [0.1, 0.15) is 53.9 Å². The van der Waals surface area contributed by atoms with Crippen LogP contribution in [-0.2, 0) is 14.3 Å². The molecule has 1 fully saturated rings. The average Bonchev–Trinajstić information content (AvgIpc) is 2.30. The Hall–Kier alpha value is -0.570. The van der Waals surface area contributed by atoms with Crippen LogP contribution in [0.3, 0.4) is 0 Å². The maximum Gasteiger partial charge on any atom is 0.312 e. The van der Waals surface area contributed by atoms with Gasteiger partial charge in [0.2, 0.25) is 0 Å². The van der Waals surface area contributed by atoms with Crippen molar-refractivity contribution in [2.45, 2.75) is 59.5 Å². The molecule has 1 aliphatic rings. The number of hydrogen-bond donors (Lipinski definition) is 0. The lowest BCUT2D eigenvalue weighted by molar-refractivity contribution is -0.187. The maximum absolute atomic E-state index is 12.2. The van der Waals surface area contributed by atoms with Crippen LogP contribution in [0.4, 0.5) is 0 Å². The first kappa shape index (κ1) is 14.5. The van der Waals surface area contributed by atoms with Gasteiger partial charge < -0.3 is 9.47 Å². The number of ether oxygens (including phenoxy) is 2. The number of rotatable bonds is 4. The lowest BCUT2D eigenvalue weighted by Crippen LogP contribution is -2.47. The second-order valence-electron chi connectivity index (χ2n) is 5.96. The molecule has 0 aromatic carbocycles. The third-order valence-corrected chi connectivity index (χ3v) is 4.12. The highest BCUT2D eigenvalue weighted by atomic mass is 16.6. The topological polar surface area (TPSA) is 35.5 Å². The molecule has 0 atom stereocenters. The van der Waals surface area contributed by atoms with Gasteiger partial charge >= 0.3 is 5.97 Å². The first-order chi connectivity index (χ1) is 7.84. The SMILES string of the molecule is CCC(C)(C)C(=O)OC1(C(C)C)CCOCC1. The van der Waals surface area contributed by atoms with Crippen molar-refractivity contribution >= 4 is 5.97 Å². The molecule has 0 radical (unpaired) electrons. The van der Waals surface area contributed by atoms with E-state index >= 15 is 0 Å². The van der Waals surface area contributed by atoms with Crippen LogP contribution in [-0.4, -0.2) is 24.8 Å². The van der Waals surface area contributed by atoms with Crippen molar-refractivity contribution in [3.05, 3.63) is 0 Å². The van der Waals surface area contributed by atoms with Gasteiger partial charge in [-0.1, -0.05) is 20.8 Å². The van der Waals surface area contributed by atoms with Crippen molar-refractivity contribution in [1.29, 1.82) is 0 Å². The van der Waals surface area contributed by atoms with E-state index in [0.29, 0.717) is 19.1 Å². The fraction of sp³-hybridized carbons (Fsp3) is 0.929. The van der Waals surface area contributed by atoms with E-state index in [1.54, 1.807) is 0 Å². The minimum atomic E-state index is -0.389. The summed E-state index contributed by atoms with van der Waals surface area (Å²) < 4.78 is 11.3. The van der Waals surface area contributed by atoms with Gasteiger partial charge in [0, 0.05) is 12.8 Å². The fourth-order valence-electron chi connectivity index (χ4n) is 1.98. The van der Waals surface area contributed by atoms with Gasteiger partial charge in [-0.05, 0) is 26.2 Å². The maximum atomic E-state index is 12.2. The molecule has 0 bridgehead atoms. The van der Waals surface area contributed by atoms with E-state index < -0.39 is 0 Å². The Morgan fingerprint density at radius 2 is 1.88 bits per heavy atom. The van der Waals surface area contributed by atoms with Gasteiger partial charge in [0.15, 0.2) is 0 Å². The fourth-order valence-corrected chi connectivity index (χ4v) is 1.98. The third-order valence-electron chi connectivity index (χ3n) is 4.12. The molecule has 0 unspecified atom stereocenters. The predicted octanol–water partition coefficient (Wildman–Crippen LogP) is 3.17. The lowest BCUT2D eigenvalue weighted by Gasteiger charge is -2.41. The molecule has 0 amide bonds. The zero-order chi connectivity index (χ0) is 13.1. The Bertz CT molecular complexity index is 263. The molecule has 0 aromatic rings. The highest BCUT2D eigenvalue weighted by Crippen LogP contribution is 2.35. The molecular weight excluding hydrogens is 216 g/mol. The van der Waals surface area contributed by atoms with Crippen LogP contribution in [0.2, 0.25) is 0 Å². The van der Waals surface area contributed by atoms with Crippen molar-refractivity contribution in [3.63, 3.8) is 0 Å². The van der Waals surface area contributed by atoms with Crippen molar-refractivity contribution in [2.24, 2.45) is 11.3 Å². The zero-order valence-corrected chi connectivity index (χ0v) is 11.8. The molecule has 1 aliphatic heterocycles. The molecule has 0 aromatic heterocycles. The highest BCUT2D eigenvalue weighted by Gasteiger charge is 2.42. The highest BCUT2D eigenvalue weighted by molar-refractivity contribution is 5.76. The minimum Gasteiger partial charge on any atom is -0.458 e. The molecule has 1 heterocycles. The molecule has 0 spiro atoms. The summed E-state index contributed by atoms with van der Waals surface area (Å²) in [7, 11) is 0. The van der Waals surface area contributed by atoms with Crippen molar-refractivity contribution in [3.8, 4) is 0 Å². The zero-order valence-electron chi connectivity index (χ0n) is 11.8. The van der Waals surface area contributed by atoms with Gasteiger partial charge in [0.05, 0.1) is 18.6 Å². The summed E-state index contributed by atoms with van der Waals surface area (Å²) in [5, 5.41) is 0. The third kappa shape index (κ3) is 3.21. The van der Waals surface area contributed by atoms with E-state index in [9.17, 15) is 4.79 Å². The van der Waals surface area contributed by atoms with Gasteiger partial charge in [0.25, 0.3) is 0 Å². The van der Waals surface area contributed by atoms with Crippen LogP contribution in [0.5, 0.6) is 0 Å². The van der Waals surface area contributed by atoms with E-state index in [-0.39, 0.29) is 17.0 Å². The molecule has 17 heavy (non-hydrogen) atoms.